The van der Waals surface area contributed by atoms with Crippen LogP contribution < -0.4 is 16.9 Å². The third-order valence-corrected chi connectivity index (χ3v) is 1.91. The molecule has 0 bridgehead atoms. The molecule has 1 aromatic rings. The Bertz CT molecular complexity index is 326. The van der Waals surface area contributed by atoms with Crippen LogP contribution in [0.3, 0.4) is 0 Å². The van der Waals surface area contributed by atoms with E-state index in [9.17, 15) is 0 Å². The quantitative estimate of drug-likeness (QED) is 0.358. The molecule has 0 aromatic heterocycles. The number of benzene rings is 1. The van der Waals surface area contributed by atoms with E-state index in [2.05, 4.69) is 10.5 Å². The summed E-state index contributed by atoms with van der Waals surface area (Å²) in [5.74, 6) is 0.0286. The molecule has 0 aliphatic rings. The minimum absolute atomic E-state index is 0.0286. The lowest BCUT2D eigenvalue weighted by atomic mass is 10.1. The summed E-state index contributed by atoms with van der Waals surface area (Å²) in [6, 6.07) is 5.91. The first-order valence-electron chi connectivity index (χ1n) is 4.02. The van der Waals surface area contributed by atoms with Crippen molar-refractivity contribution in [3.05, 3.63) is 29.3 Å². The lowest BCUT2D eigenvalue weighted by Gasteiger charge is -2.06. The predicted octanol–water partition coefficient (Wildman–Crippen LogP) is 0.904. The number of nitrogens with one attached hydrogen (secondary N) is 1. The molecule has 0 unspecified atom stereocenters. The number of rotatable bonds is 2. The molecule has 0 aliphatic carbocycles. The van der Waals surface area contributed by atoms with Gasteiger partial charge in [-0.1, -0.05) is 12.1 Å². The van der Waals surface area contributed by atoms with Crippen LogP contribution in [0.1, 0.15) is 11.1 Å². The summed E-state index contributed by atoms with van der Waals surface area (Å²) >= 11 is 0. The lowest BCUT2D eigenvalue weighted by Crippen LogP contribution is -2.24. The third-order valence-electron chi connectivity index (χ3n) is 1.91. The van der Waals surface area contributed by atoms with Crippen molar-refractivity contribution in [1.82, 2.24) is 0 Å². The minimum atomic E-state index is 0.0286. The average Bonchev–Trinajstić information content (AvgIpc) is 2.07. The number of hydrogen-bond acceptors (Lipinski definition) is 2. The van der Waals surface area contributed by atoms with Gasteiger partial charge in [-0.2, -0.15) is 0 Å². The summed E-state index contributed by atoms with van der Waals surface area (Å²) in [5.41, 5.74) is 16.5. The van der Waals surface area contributed by atoms with Gasteiger partial charge in [0.2, 0.25) is 5.96 Å². The highest BCUT2D eigenvalue weighted by Gasteiger charge is 1.97. The highest BCUT2D eigenvalue weighted by molar-refractivity contribution is 5.76. The Hall–Kier alpha value is -1.71. The van der Waals surface area contributed by atoms with Crippen LogP contribution in [0.15, 0.2) is 23.3 Å². The summed E-state index contributed by atoms with van der Waals surface area (Å²) in [7, 11) is 0. The highest BCUT2D eigenvalue weighted by atomic mass is 15.3. The van der Waals surface area contributed by atoms with Gasteiger partial charge in [-0.3, -0.25) is 5.43 Å². The number of hydrogen-bond donors (Lipinski definition) is 3. The van der Waals surface area contributed by atoms with Crippen molar-refractivity contribution in [2.24, 2.45) is 16.6 Å². The van der Waals surface area contributed by atoms with Crippen LogP contribution in [0.2, 0.25) is 0 Å². The van der Waals surface area contributed by atoms with Gasteiger partial charge in [0.15, 0.2) is 0 Å². The second kappa shape index (κ2) is 3.80. The van der Waals surface area contributed by atoms with E-state index in [0.717, 1.165) is 11.3 Å². The van der Waals surface area contributed by atoms with Gasteiger partial charge >= 0.3 is 0 Å². The molecule has 0 fully saturated rings. The molecule has 0 saturated carbocycles. The molecular formula is C9H14N4. The molecule has 70 valence electrons. The van der Waals surface area contributed by atoms with Crippen LogP contribution in [-0.2, 0) is 0 Å². The zero-order valence-electron chi connectivity index (χ0n) is 7.83. The molecule has 4 nitrogen and oxygen atoms in total. The van der Waals surface area contributed by atoms with E-state index >= 15 is 0 Å². The van der Waals surface area contributed by atoms with E-state index in [-0.39, 0.29) is 5.96 Å². The van der Waals surface area contributed by atoms with Gasteiger partial charge in [0.1, 0.15) is 0 Å². The van der Waals surface area contributed by atoms with Crippen LogP contribution >= 0.6 is 0 Å². The monoisotopic (exact) mass is 178 g/mol. The molecule has 0 aliphatic heterocycles. The first kappa shape index (κ1) is 9.38. The second-order valence-electron chi connectivity index (χ2n) is 2.90. The Kier molecular flexibility index (Phi) is 2.74. The second-order valence-corrected chi connectivity index (χ2v) is 2.90. The smallest absolute Gasteiger partial charge is 0.208 e. The van der Waals surface area contributed by atoms with Crippen LogP contribution in [0, 0.1) is 13.8 Å². The zero-order chi connectivity index (χ0) is 9.84. The fourth-order valence-corrected chi connectivity index (χ4v) is 0.997. The van der Waals surface area contributed by atoms with Crippen molar-refractivity contribution in [2.45, 2.75) is 13.8 Å². The zero-order valence-corrected chi connectivity index (χ0v) is 7.83. The van der Waals surface area contributed by atoms with Crippen LogP contribution in [-0.4, -0.2) is 5.96 Å². The van der Waals surface area contributed by atoms with E-state index < -0.39 is 0 Å². The largest absolute Gasteiger partial charge is 0.369 e. The molecule has 0 amide bonds. The third kappa shape index (κ3) is 2.37. The lowest BCUT2D eigenvalue weighted by molar-refractivity contribution is 1.24. The summed E-state index contributed by atoms with van der Waals surface area (Å²) in [6.07, 6.45) is 0. The number of guanidine groups is 1. The number of nitrogens with two attached hydrogens (primary N) is 2. The van der Waals surface area contributed by atoms with Gasteiger partial charge < -0.3 is 11.5 Å². The predicted molar refractivity (Wildman–Crippen MR) is 55.3 cm³/mol. The summed E-state index contributed by atoms with van der Waals surface area (Å²) < 4.78 is 0. The van der Waals surface area contributed by atoms with Crippen LogP contribution in [0.25, 0.3) is 0 Å². The van der Waals surface area contributed by atoms with Gasteiger partial charge in [0.25, 0.3) is 0 Å². The fourth-order valence-electron chi connectivity index (χ4n) is 0.997. The first-order chi connectivity index (χ1) is 6.11. The molecule has 0 radical (unpaired) electrons. The molecule has 13 heavy (non-hydrogen) atoms. The number of anilines is 1. The molecule has 0 spiro atoms. The number of aryl methyl sites for hydroxylation is 1. The highest BCUT2D eigenvalue weighted by Crippen LogP contribution is 2.17. The van der Waals surface area contributed by atoms with Gasteiger partial charge in [-0.15, -0.1) is 5.10 Å². The van der Waals surface area contributed by atoms with Crippen molar-refractivity contribution in [3.8, 4) is 0 Å². The van der Waals surface area contributed by atoms with E-state index in [1.54, 1.807) is 0 Å². The van der Waals surface area contributed by atoms with Crippen molar-refractivity contribution in [2.75, 3.05) is 5.43 Å². The normalized spacial score (nSPS) is 9.38. The molecule has 0 saturated heterocycles. The molecule has 1 aromatic carbocycles. The van der Waals surface area contributed by atoms with E-state index in [4.69, 9.17) is 11.5 Å². The van der Waals surface area contributed by atoms with Crippen molar-refractivity contribution >= 4 is 11.6 Å². The topological polar surface area (TPSA) is 76.4 Å². The molecule has 1 rings (SSSR count). The number of hydrazone groups is 1. The Morgan fingerprint density at radius 3 is 2.62 bits per heavy atom. The van der Waals surface area contributed by atoms with Crippen molar-refractivity contribution in [1.29, 1.82) is 0 Å². The molecule has 0 heterocycles. The first-order valence-corrected chi connectivity index (χ1v) is 4.02. The number of nitrogens with zero attached hydrogens (tertiary/aromatic N) is 1. The van der Waals surface area contributed by atoms with E-state index in [1.807, 2.05) is 32.0 Å². The Morgan fingerprint density at radius 2 is 2.00 bits per heavy atom. The Morgan fingerprint density at radius 1 is 1.31 bits per heavy atom. The molecule has 4 heteroatoms. The molecule has 0 atom stereocenters. The fraction of sp³-hybridized carbons (Fsp3) is 0.222. The van der Waals surface area contributed by atoms with Crippen molar-refractivity contribution < 1.29 is 0 Å². The van der Waals surface area contributed by atoms with E-state index in [0.29, 0.717) is 0 Å². The maximum absolute atomic E-state index is 5.19. The summed E-state index contributed by atoms with van der Waals surface area (Å²) in [6.45, 7) is 4.05. The standard InChI is InChI=1S/C9H14N4/c1-6-4-3-5-8(7(6)2)12-13-9(10)11/h3-5,12H,1-2H3,(H4,10,11,13). The Labute approximate surface area is 77.6 Å². The van der Waals surface area contributed by atoms with Gasteiger partial charge in [-0.05, 0) is 31.0 Å². The van der Waals surface area contributed by atoms with Crippen LogP contribution in [0.5, 0.6) is 0 Å². The maximum atomic E-state index is 5.19. The SMILES string of the molecule is Cc1cccc(NN=C(N)N)c1C. The van der Waals surface area contributed by atoms with Crippen LogP contribution in [0.4, 0.5) is 5.69 Å². The Balaban J connectivity index is 2.89. The maximum Gasteiger partial charge on any atom is 0.208 e. The summed E-state index contributed by atoms with van der Waals surface area (Å²) in [5, 5.41) is 3.72. The molecule has 5 N–H and O–H groups in total. The van der Waals surface area contributed by atoms with Crippen molar-refractivity contribution in [3.63, 3.8) is 0 Å². The van der Waals surface area contributed by atoms with Gasteiger partial charge in [-0.25, -0.2) is 0 Å². The van der Waals surface area contributed by atoms with Gasteiger partial charge in [0, 0.05) is 0 Å². The molecular weight excluding hydrogens is 164 g/mol. The minimum Gasteiger partial charge on any atom is -0.369 e. The average molecular weight is 178 g/mol. The van der Waals surface area contributed by atoms with E-state index in [1.165, 1.54) is 5.56 Å². The summed E-state index contributed by atoms with van der Waals surface area (Å²) in [4.78, 5) is 0. The van der Waals surface area contributed by atoms with Gasteiger partial charge in [0.05, 0.1) is 5.69 Å².